The van der Waals surface area contributed by atoms with Gasteiger partial charge in [-0.25, -0.2) is 0 Å². The van der Waals surface area contributed by atoms with Crippen LogP contribution in [-0.2, 0) is 0 Å². The summed E-state index contributed by atoms with van der Waals surface area (Å²) in [6, 6.07) is 0. The molecule has 0 heterocycles. The van der Waals surface area contributed by atoms with Crippen LogP contribution in [0.1, 0.15) is 32.1 Å². The Morgan fingerprint density at radius 2 is 1.84 bits per heavy atom. The van der Waals surface area contributed by atoms with Crippen molar-refractivity contribution in [3.05, 3.63) is 37.5 Å². The first-order valence-electron chi connectivity index (χ1n) is 6.48. The molecule has 19 heavy (non-hydrogen) atoms. The predicted molar refractivity (Wildman–Crippen MR) is 80.2 cm³/mol. The van der Waals surface area contributed by atoms with Crippen LogP contribution in [0.4, 0.5) is 0 Å². The molecule has 0 amide bonds. The van der Waals surface area contributed by atoms with Crippen LogP contribution in [-0.4, -0.2) is 22.4 Å². The molecule has 0 aromatic carbocycles. The maximum atomic E-state index is 9.62. The van der Waals surface area contributed by atoms with Crippen LogP contribution in [0.25, 0.3) is 0 Å². The van der Waals surface area contributed by atoms with Gasteiger partial charge in [0.25, 0.3) is 0 Å². The van der Waals surface area contributed by atoms with E-state index in [0.29, 0.717) is 0 Å². The average molecular weight is 258 g/mol. The topological polar surface area (TPSA) is 40.5 Å². The van der Waals surface area contributed by atoms with Gasteiger partial charge in [0.05, 0.1) is 6.10 Å². The summed E-state index contributed by atoms with van der Waals surface area (Å²) >= 11 is 0. The van der Waals surface area contributed by atoms with E-state index in [9.17, 15) is 5.11 Å². The van der Waals surface area contributed by atoms with Gasteiger partial charge in [-0.15, -0.1) is 6.58 Å². The molecule has 0 aliphatic heterocycles. The molecule has 0 radical (unpaired) electrons. The lowest BCUT2D eigenvalue weighted by atomic mass is 10.1. The number of allylic oxidation sites excluding steroid dienone is 2. The summed E-state index contributed by atoms with van der Waals surface area (Å²) in [6.07, 6.45) is 10.2. The summed E-state index contributed by atoms with van der Waals surface area (Å²) in [5.74, 6) is 10.2. The predicted octanol–water partition coefficient (Wildman–Crippen LogP) is 2.59. The fraction of sp³-hybridized carbons (Fsp3) is 0.412. The van der Waals surface area contributed by atoms with E-state index in [0.717, 1.165) is 32.1 Å². The Hall–Kier alpha value is -1.74. The van der Waals surface area contributed by atoms with Crippen LogP contribution in [0.2, 0.25) is 0 Å². The van der Waals surface area contributed by atoms with Crippen LogP contribution < -0.4 is 0 Å². The molecule has 0 spiro atoms. The lowest BCUT2D eigenvalue weighted by molar-refractivity contribution is 0.208. The zero-order chi connectivity index (χ0) is 14.3. The smallest absolute Gasteiger partial charge is 0.134 e. The maximum absolute atomic E-state index is 9.62. The first-order chi connectivity index (χ1) is 9.20. The minimum atomic E-state index is -0.834. The summed E-state index contributed by atoms with van der Waals surface area (Å²) in [7, 11) is 0. The molecule has 2 nitrogen and oxygen atoms in total. The lowest BCUT2D eigenvalue weighted by Crippen LogP contribution is -2.01. The van der Waals surface area contributed by atoms with Crippen molar-refractivity contribution >= 4 is 0 Å². The Labute approximate surface area is 116 Å². The third-order valence-electron chi connectivity index (χ3n) is 2.39. The zero-order valence-electron chi connectivity index (χ0n) is 11.3. The molecular weight excluding hydrogens is 236 g/mol. The molecule has 0 aliphatic rings. The zero-order valence-corrected chi connectivity index (χ0v) is 11.3. The third kappa shape index (κ3) is 12.5. The molecular formula is C17H22O2. The number of rotatable bonds is 8. The van der Waals surface area contributed by atoms with E-state index in [-0.39, 0.29) is 0 Å². The average Bonchev–Trinajstić information content (AvgIpc) is 2.42. The Morgan fingerprint density at radius 1 is 1.05 bits per heavy atom. The van der Waals surface area contributed by atoms with Crippen molar-refractivity contribution in [2.75, 3.05) is 0 Å². The van der Waals surface area contributed by atoms with Crippen LogP contribution in [0.15, 0.2) is 37.5 Å². The van der Waals surface area contributed by atoms with Crippen molar-refractivity contribution in [1.29, 1.82) is 0 Å². The minimum Gasteiger partial charge on any atom is -0.389 e. The van der Waals surface area contributed by atoms with Gasteiger partial charge in [-0.3, -0.25) is 0 Å². The van der Waals surface area contributed by atoms with Crippen molar-refractivity contribution in [1.82, 2.24) is 0 Å². The summed E-state index contributed by atoms with van der Waals surface area (Å²) < 4.78 is 0. The largest absolute Gasteiger partial charge is 0.389 e. The molecule has 102 valence electrons. The first-order valence-corrected chi connectivity index (χ1v) is 6.48. The molecule has 0 aromatic heterocycles. The minimum absolute atomic E-state index is 0.454. The number of unbranched alkanes of at least 4 members (excludes halogenated alkanes) is 3. The van der Waals surface area contributed by atoms with Gasteiger partial charge in [0.1, 0.15) is 6.10 Å². The highest BCUT2D eigenvalue weighted by Gasteiger charge is 1.97. The molecule has 2 heteroatoms. The van der Waals surface area contributed by atoms with Crippen LogP contribution in [0, 0.1) is 23.7 Å². The van der Waals surface area contributed by atoms with Crippen molar-refractivity contribution in [2.24, 2.45) is 0 Å². The molecule has 0 bridgehead atoms. The monoisotopic (exact) mass is 258 g/mol. The van der Waals surface area contributed by atoms with Gasteiger partial charge in [0.15, 0.2) is 0 Å². The van der Waals surface area contributed by atoms with Crippen LogP contribution in [0.3, 0.4) is 0 Å². The second-order valence-corrected chi connectivity index (χ2v) is 4.07. The molecule has 0 saturated heterocycles. The highest BCUT2D eigenvalue weighted by Crippen LogP contribution is 2.06. The Bertz CT molecular complexity index is 398. The quantitative estimate of drug-likeness (QED) is 0.399. The summed E-state index contributed by atoms with van der Waals surface area (Å²) in [5, 5.41) is 18.7. The molecule has 0 fully saturated rings. The second kappa shape index (κ2) is 12.7. The molecule has 0 aromatic rings. The van der Waals surface area contributed by atoms with E-state index in [1.807, 2.05) is 6.08 Å². The highest BCUT2D eigenvalue weighted by molar-refractivity contribution is 5.32. The Morgan fingerprint density at radius 3 is 2.53 bits per heavy atom. The first kappa shape index (κ1) is 17.3. The van der Waals surface area contributed by atoms with E-state index in [1.165, 1.54) is 6.08 Å². The van der Waals surface area contributed by atoms with E-state index in [1.54, 1.807) is 12.2 Å². The molecule has 0 rings (SSSR count). The summed E-state index contributed by atoms with van der Waals surface area (Å²) in [6.45, 7) is 7.06. The Balaban J connectivity index is 3.80. The van der Waals surface area contributed by atoms with Gasteiger partial charge in [-0.05, 0) is 43.3 Å². The van der Waals surface area contributed by atoms with E-state index < -0.39 is 12.2 Å². The van der Waals surface area contributed by atoms with Gasteiger partial charge >= 0.3 is 0 Å². The lowest BCUT2D eigenvalue weighted by Gasteiger charge is -2.03. The maximum Gasteiger partial charge on any atom is 0.134 e. The summed E-state index contributed by atoms with van der Waals surface area (Å²) in [5.41, 5.74) is 0. The standard InChI is InChI=1S/C17H22O2/c1-3-5-6-7-11-14-17(19)15-12-9-8-10-13-16(18)4-2/h3-4,12,15-19H,1-2,5-7,11,14H2. The number of hydrogen-bond donors (Lipinski definition) is 2. The van der Waals surface area contributed by atoms with Crippen molar-refractivity contribution in [3.8, 4) is 23.7 Å². The van der Waals surface area contributed by atoms with Gasteiger partial charge < -0.3 is 10.2 Å². The third-order valence-corrected chi connectivity index (χ3v) is 2.39. The van der Waals surface area contributed by atoms with Crippen LogP contribution >= 0.6 is 0 Å². The highest BCUT2D eigenvalue weighted by atomic mass is 16.3. The second-order valence-electron chi connectivity index (χ2n) is 4.07. The van der Waals surface area contributed by atoms with Crippen LogP contribution in [0.5, 0.6) is 0 Å². The molecule has 0 saturated carbocycles. The Kier molecular flexibility index (Phi) is 11.5. The summed E-state index contributed by atoms with van der Waals surface area (Å²) in [4.78, 5) is 0. The van der Waals surface area contributed by atoms with E-state index in [2.05, 4.69) is 36.8 Å². The molecule has 2 atom stereocenters. The molecule has 0 aliphatic carbocycles. The van der Waals surface area contributed by atoms with Crippen molar-refractivity contribution in [3.63, 3.8) is 0 Å². The van der Waals surface area contributed by atoms with E-state index >= 15 is 0 Å². The van der Waals surface area contributed by atoms with Gasteiger partial charge in [-0.2, -0.15) is 0 Å². The normalized spacial score (nSPS) is 12.7. The fourth-order valence-electron chi connectivity index (χ4n) is 1.32. The SMILES string of the molecule is C=CCCCCCC(O)C=CC#CC#CC(O)C=C. The van der Waals surface area contributed by atoms with Crippen molar-refractivity contribution in [2.45, 2.75) is 44.3 Å². The number of hydrogen-bond acceptors (Lipinski definition) is 2. The fourth-order valence-corrected chi connectivity index (χ4v) is 1.32. The van der Waals surface area contributed by atoms with Crippen molar-refractivity contribution < 1.29 is 10.2 Å². The molecule has 2 unspecified atom stereocenters. The molecule has 2 N–H and O–H groups in total. The van der Waals surface area contributed by atoms with Gasteiger partial charge in [-0.1, -0.05) is 43.4 Å². The van der Waals surface area contributed by atoms with Gasteiger partial charge in [0, 0.05) is 0 Å². The van der Waals surface area contributed by atoms with E-state index in [4.69, 9.17) is 5.11 Å². The number of aliphatic hydroxyl groups excluding tert-OH is 2. The number of aliphatic hydroxyl groups is 2. The van der Waals surface area contributed by atoms with Gasteiger partial charge in [0.2, 0.25) is 0 Å².